The van der Waals surface area contributed by atoms with Crippen LogP contribution in [-0.2, 0) is 30.3 Å². The van der Waals surface area contributed by atoms with Gasteiger partial charge >= 0.3 is 11.9 Å². The lowest BCUT2D eigenvalue weighted by Crippen LogP contribution is -2.27. The van der Waals surface area contributed by atoms with E-state index in [2.05, 4.69) is 4.57 Å². The van der Waals surface area contributed by atoms with E-state index < -0.39 is 5.60 Å². The molecule has 0 unspecified atom stereocenters. The molecule has 0 aliphatic rings. The van der Waals surface area contributed by atoms with Crippen LogP contribution in [0.25, 0.3) is 10.9 Å². The highest BCUT2D eigenvalue weighted by molar-refractivity contribution is 5.94. The molecule has 8 heteroatoms. The Labute approximate surface area is 205 Å². The summed E-state index contributed by atoms with van der Waals surface area (Å²) in [5.74, 6) is 0.0162. The molecule has 2 aromatic carbocycles. The van der Waals surface area contributed by atoms with E-state index in [-0.39, 0.29) is 18.5 Å². The fraction of sp³-hybridized carbons (Fsp3) is 0.407. The molecule has 0 saturated carbocycles. The third-order valence-electron chi connectivity index (χ3n) is 4.98. The van der Waals surface area contributed by atoms with Crippen LogP contribution in [0.15, 0.2) is 54.7 Å². The highest BCUT2D eigenvalue weighted by atomic mass is 16.6. The van der Waals surface area contributed by atoms with Gasteiger partial charge in [0.2, 0.25) is 0 Å². The lowest BCUT2D eigenvalue weighted by Gasteiger charge is -2.19. The summed E-state index contributed by atoms with van der Waals surface area (Å²) < 4.78 is 28.5. The van der Waals surface area contributed by atoms with Crippen molar-refractivity contribution in [1.29, 1.82) is 0 Å². The summed E-state index contributed by atoms with van der Waals surface area (Å²) in [6.45, 7) is 7.52. The third-order valence-corrected chi connectivity index (χ3v) is 4.98. The van der Waals surface area contributed by atoms with Crippen molar-refractivity contribution in [3.8, 4) is 5.75 Å². The molecule has 0 atom stereocenters. The van der Waals surface area contributed by atoms with Crippen molar-refractivity contribution < 1.29 is 33.3 Å². The smallest absolute Gasteiger partial charge is 0.337 e. The van der Waals surface area contributed by atoms with Crippen molar-refractivity contribution in [2.24, 2.45) is 0 Å². The van der Waals surface area contributed by atoms with Gasteiger partial charge in [-0.05, 0) is 62.1 Å². The second kappa shape index (κ2) is 12.4. The quantitative estimate of drug-likeness (QED) is 0.282. The van der Waals surface area contributed by atoms with E-state index >= 15 is 0 Å². The Hall–Kier alpha value is -3.36. The number of methoxy groups -OCH3 is 1. The summed E-state index contributed by atoms with van der Waals surface area (Å²) in [5.41, 5.74) is 2.09. The van der Waals surface area contributed by atoms with Crippen LogP contribution < -0.4 is 4.74 Å². The molecule has 3 rings (SSSR count). The predicted octanol–water partition coefficient (Wildman–Crippen LogP) is 4.23. The Kier molecular flexibility index (Phi) is 9.28. The maximum Gasteiger partial charge on any atom is 0.337 e. The van der Waals surface area contributed by atoms with Gasteiger partial charge in [-0.15, -0.1) is 0 Å². The molecule has 3 aromatic rings. The zero-order chi connectivity index (χ0) is 25.3. The topological polar surface area (TPSA) is 85.2 Å². The van der Waals surface area contributed by atoms with Crippen LogP contribution in [0.1, 0.15) is 36.7 Å². The Balaban J connectivity index is 1.37. The monoisotopic (exact) mass is 483 g/mol. The van der Waals surface area contributed by atoms with Gasteiger partial charge in [-0.3, -0.25) is 0 Å². The molecule has 188 valence electrons. The standard InChI is InChI=1S/C27H33NO7/c1-27(2,3)35-25(29)19-33-14-13-32-15-16-34-23-9-5-20(6-10-23)18-28-12-11-21-7-8-22(17-24(21)28)26(30)31-4/h5-12,17H,13-16,18-19H2,1-4H3. The van der Waals surface area contributed by atoms with Crippen molar-refractivity contribution in [1.82, 2.24) is 4.57 Å². The molecule has 0 aliphatic heterocycles. The average Bonchev–Trinajstić information content (AvgIpc) is 3.22. The Morgan fingerprint density at radius 3 is 2.31 bits per heavy atom. The van der Waals surface area contributed by atoms with E-state index in [4.69, 9.17) is 23.7 Å². The first-order valence-corrected chi connectivity index (χ1v) is 11.5. The number of carbonyl (C=O) groups excluding carboxylic acids is 2. The Morgan fingerprint density at radius 1 is 0.886 bits per heavy atom. The minimum Gasteiger partial charge on any atom is -0.491 e. The summed E-state index contributed by atoms with van der Waals surface area (Å²) in [4.78, 5) is 23.4. The first-order valence-electron chi connectivity index (χ1n) is 11.5. The molecular formula is C27H33NO7. The van der Waals surface area contributed by atoms with Gasteiger partial charge in [0.15, 0.2) is 0 Å². The zero-order valence-corrected chi connectivity index (χ0v) is 20.7. The first kappa shape index (κ1) is 26.2. The number of rotatable bonds is 12. The number of ether oxygens (including phenoxy) is 5. The summed E-state index contributed by atoms with van der Waals surface area (Å²) in [6, 6.07) is 15.4. The normalized spacial score (nSPS) is 11.4. The van der Waals surface area contributed by atoms with Crippen molar-refractivity contribution in [3.05, 3.63) is 65.9 Å². The maximum atomic E-state index is 11.8. The van der Waals surface area contributed by atoms with Crippen LogP contribution in [0.2, 0.25) is 0 Å². The second-order valence-electron chi connectivity index (χ2n) is 8.95. The van der Waals surface area contributed by atoms with E-state index in [0.29, 0.717) is 38.5 Å². The molecule has 1 aromatic heterocycles. The number of hydrogen-bond acceptors (Lipinski definition) is 7. The fourth-order valence-electron chi connectivity index (χ4n) is 3.42. The molecular weight excluding hydrogens is 450 g/mol. The highest BCUT2D eigenvalue weighted by Crippen LogP contribution is 2.21. The number of fused-ring (bicyclic) bond motifs is 1. The maximum absolute atomic E-state index is 11.8. The van der Waals surface area contributed by atoms with Gasteiger partial charge in [-0.2, -0.15) is 0 Å². The van der Waals surface area contributed by atoms with Gasteiger partial charge in [0.05, 0.1) is 32.5 Å². The van der Waals surface area contributed by atoms with Crippen molar-refractivity contribution in [2.75, 3.05) is 40.1 Å². The Morgan fingerprint density at radius 2 is 1.60 bits per heavy atom. The Bertz CT molecular complexity index is 1110. The lowest BCUT2D eigenvalue weighted by atomic mass is 10.1. The molecule has 0 bridgehead atoms. The molecule has 0 fully saturated rings. The molecule has 0 amide bonds. The van der Waals surface area contributed by atoms with Crippen molar-refractivity contribution >= 4 is 22.8 Å². The van der Waals surface area contributed by atoms with Crippen LogP contribution in [0.3, 0.4) is 0 Å². The first-order chi connectivity index (χ1) is 16.7. The summed E-state index contributed by atoms with van der Waals surface area (Å²) in [5, 5.41) is 1.06. The molecule has 35 heavy (non-hydrogen) atoms. The summed E-state index contributed by atoms with van der Waals surface area (Å²) in [6.07, 6.45) is 2.00. The fourth-order valence-corrected chi connectivity index (χ4v) is 3.42. The van der Waals surface area contributed by atoms with Gasteiger partial charge in [-0.25, -0.2) is 9.59 Å². The molecule has 0 N–H and O–H groups in total. The number of carbonyl (C=O) groups is 2. The second-order valence-corrected chi connectivity index (χ2v) is 8.95. The van der Waals surface area contributed by atoms with Crippen LogP contribution in [0, 0.1) is 0 Å². The van der Waals surface area contributed by atoms with E-state index in [1.54, 1.807) is 6.07 Å². The highest BCUT2D eigenvalue weighted by Gasteiger charge is 2.16. The molecule has 0 spiro atoms. The van der Waals surface area contributed by atoms with E-state index in [1.807, 2.05) is 69.4 Å². The SMILES string of the molecule is COC(=O)c1ccc2ccn(Cc3ccc(OCCOCCOCC(=O)OC(C)(C)C)cc3)c2c1. The van der Waals surface area contributed by atoms with Crippen LogP contribution >= 0.6 is 0 Å². The molecule has 0 radical (unpaired) electrons. The van der Waals surface area contributed by atoms with E-state index in [0.717, 1.165) is 22.2 Å². The number of aromatic nitrogens is 1. The molecule has 0 aliphatic carbocycles. The van der Waals surface area contributed by atoms with E-state index in [9.17, 15) is 9.59 Å². The van der Waals surface area contributed by atoms with Crippen LogP contribution in [0.4, 0.5) is 0 Å². The van der Waals surface area contributed by atoms with Gasteiger partial charge in [0.1, 0.15) is 24.6 Å². The number of hydrogen-bond donors (Lipinski definition) is 0. The zero-order valence-electron chi connectivity index (χ0n) is 20.7. The third kappa shape index (κ3) is 8.42. The van der Waals surface area contributed by atoms with Gasteiger partial charge < -0.3 is 28.3 Å². The predicted molar refractivity (Wildman–Crippen MR) is 132 cm³/mol. The lowest BCUT2D eigenvalue weighted by molar-refractivity contribution is -0.160. The summed E-state index contributed by atoms with van der Waals surface area (Å²) in [7, 11) is 1.38. The van der Waals surface area contributed by atoms with Gasteiger partial charge in [-0.1, -0.05) is 18.2 Å². The minimum atomic E-state index is -0.515. The number of esters is 2. The van der Waals surface area contributed by atoms with Gasteiger partial charge in [0, 0.05) is 18.3 Å². The minimum absolute atomic E-state index is 0.0886. The van der Waals surface area contributed by atoms with Gasteiger partial charge in [0.25, 0.3) is 0 Å². The number of nitrogens with zero attached hydrogens (tertiary/aromatic N) is 1. The molecule has 1 heterocycles. The van der Waals surface area contributed by atoms with E-state index in [1.165, 1.54) is 7.11 Å². The summed E-state index contributed by atoms with van der Waals surface area (Å²) >= 11 is 0. The number of benzene rings is 2. The van der Waals surface area contributed by atoms with Crippen LogP contribution in [0.5, 0.6) is 5.75 Å². The molecule has 8 nitrogen and oxygen atoms in total. The largest absolute Gasteiger partial charge is 0.491 e. The van der Waals surface area contributed by atoms with Crippen molar-refractivity contribution in [3.63, 3.8) is 0 Å². The average molecular weight is 484 g/mol. The van der Waals surface area contributed by atoms with Crippen molar-refractivity contribution in [2.45, 2.75) is 32.9 Å². The van der Waals surface area contributed by atoms with Crippen LogP contribution in [-0.4, -0.2) is 62.3 Å². The molecule has 0 saturated heterocycles.